The highest BCUT2D eigenvalue weighted by Crippen LogP contribution is 2.34. The van der Waals surface area contributed by atoms with E-state index in [0.29, 0.717) is 5.56 Å². The maximum absolute atomic E-state index is 15.1. The minimum absolute atomic E-state index is 0.0364. The molecule has 1 saturated heterocycles. The van der Waals surface area contributed by atoms with Crippen LogP contribution in [0.15, 0.2) is 55.1 Å². The summed E-state index contributed by atoms with van der Waals surface area (Å²) in [5.74, 6) is -3.20. The van der Waals surface area contributed by atoms with E-state index in [1.165, 1.54) is 17.3 Å². The van der Waals surface area contributed by atoms with Gasteiger partial charge in [-0.3, -0.25) is 23.5 Å². The number of pyridine rings is 1. The first-order valence-electron chi connectivity index (χ1n) is 11.5. The molecule has 39 heavy (non-hydrogen) atoms. The van der Waals surface area contributed by atoms with Crippen LogP contribution in [0.4, 0.5) is 4.39 Å². The Balaban J connectivity index is 1.43. The van der Waals surface area contributed by atoms with Crippen molar-refractivity contribution in [1.29, 1.82) is 0 Å². The molecule has 5 rings (SSSR count). The largest absolute Gasteiger partial charge is 0.756 e. The van der Waals surface area contributed by atoms with Gasteiger partial charge in [-0.2, -0.15) is 0 Å². The second-order valence-electron chi connectivity index (χ2n) is 8.52. The first-order chi connectivity index (χ1) is 18.6. The summed E-state index contributed by atoms with van der Waals surface area (Å²) in [6.07, 6.45) is 4.56. The van der Waals surface area contributed by atoms with E-state index < -0.39 is 32.1 Å². The van der Waals surface area contributed by atoms with Crippen LogP contribution in [0.5, 0.6) is 0 Å². The van der Waals surface area contributed by atoms with Gasteiger partial charge in [0, 0.05) is 37.9 Å². The zero-order valence-corrected chi connectivity index (χ0v) is 21.0. The van der Waals surface area contributed by atoms with Gasteiger partial charge in [0.05, 0.1) is 35.1 Å². The Labute approximate surface area is 219 Å². The molecule has 14 nitrogen and oxygen atoms in total. The van der Waals surface area contributed by atoms with Gasteiger partial charge >= 0.3 is 0 Å². The van der Waals surface area contributed by atoms with E-state index in [2.05, 4.69) is 19.8 Å². The summed E-state index contributed by atoms with van der Waals surface area (Å²) in [5, 5.41) is 7.13. The van der Waals surface area contributed by atoms with E-state index in [0.717, 1.165) is 21.6 Å². The second-order valence-corrected chi connectivity index (χ2v) is 9.72. The van der Waals surface area contributed by atoms with Crippen LogP contribution in [0.3, 0.4) is 0 Å². The lowest BCUT2D eigenvalue weighted by Gasteiger charge is -2.34. The second kappa shape index (κ2) is 10.5. The highest BCUT2D eigenvalue weighted by molar-refractivity contribution is 7.44. The number of halogens is 1. The molecule has 2 amide bonds. The van der Waals surface area contributed by atoms with Crippen LogP contribution in [0.2, 0.25) is 0 Å². The lowest BCUT2D eigenvalue weighted by atomic mass is 10.1. The molecule has 4 heterocycles. The van der Waals surface area contributed by atoms with Crippen LogP contribution in [0.1, 0.15) is 20.7 Å². The Bertz CT molecular complexity index is 1600. The average Bonchev–Trinajstić information content (AvgIpc) is 3.61. The molecule has 1 atom stereocenters. The first-order valence-corrected chi connectivity index (χ1v) is 13.0. The van der Waals surface area contributed by atoms with E-state index in [1.807, 2.05) is 0 Å². The molecule has 1 N–H and O–H groups in total. The molecule has 0 bridgehead atoms. The van der Waals surface area contributed by atoms with Crippen LogP contribution in [-0.2, 0) is 20.6 Å². The Kier molecular flexibility index (Phi) is 7.06. The Morgan fingerprint density at radius 2 is 1.79 bits per heavy atom. The average molecular weight is 556 g/mol. The number of amides is 2. The number of piperazine rings is 1. The first kappa shape index (κ1) is 26.3. The molecule has 0 spiro atoms. The lowest BCUT2D eigenvalue weighted by molar-refractivity contribution is -0.222. The van der Waals surface area contributed by atoms with Crippen molar-refractivity contribution < 1.29 is 37.6 Å². The summed E-state index contributed by atoms with van der Waals surface area (Å²) >= 11 is 0. The molecule has 3 aromatic heterocycles. The summed E-state index contributed by atoms with van der Waals surface area (Å²) in [5.41, 5.74) is 0.00543. The van der Waals surface area contributed by atoms with Crippen molar-refractivity contribution in [2.24, 2.45) is 0 Å². The van der Waals surface area contributed by atoms with Crippen molar-refractivity contribution >= 4 is 36.3 Å². The van der Waals surface area contributed by atoms with Gasteiger partial charge in [-0.05, 0) is 12.1 Å². The third-order valence-corrected chi connectivity index (χ3v) is 6.58. The SMILES string of the molecule is O=C(C(=O)N1CCN(C(=O)c2ccccc2)CC1)c1cn(COP(=O)([O-])O)c2c(-n3ccnn3)ncc(F)c12. The van der Waals surface area contributed by atoms with Crippen molar-refractivity contribution in [1.82, 2.24) is 34.3 Å². The van der Waals surface area contributed by atoms with Crippen molar-refractivity contribution in [3.05, 3.63) is 72.1 Å². The third-order valence-electron chi connectivity index (χ3n) is 6.14. The van der Waals surface area contributed by atoms with Crippen molar-refractivity contribution in [3.63, 3.8) is 0 Å². The van der Waals surface area contributed by atoms with Crippen LogP contribution < -0.4 is 4.89 Å². The number of phosphoric acid groups is 1. The van der Waals surface area contributed by atoms with Gasteiger partial charge in [0.1, 0.15) is 6.73 Å². The molecule has 0 aliphatic carbocycles. The van der Waals surface area contributed by atoms with Gasteiger partial charge in [-0.15, -0.1) is 5.10 Å². The third kappa shape index (κ3) is 5.33. The van der Waals surface area contributed by atoms with Crippen LogP contribution in [0.25, 0.3) is 16.7 Å². The topological polar surface area (TPSA) is 176 Å². The highest BCUT2D eigenvalue weighted by atomic mass is 31.2. The standard InChI is InChI=1S/C23H21FN7O7P/c24-17-12-25-21(31-7-6-26-27-31)19-18(17)16(13-30(19)14-38-39(35,36)37)20(32)23(34)29-10-8-28(9-11-29)22(33)15-4-2-1-3-5-15/h1-7,12-13H,8-11,14H2,(H2,35,36,37)/p-1. The molecule has 4 aromatic rings. The maximum Gasteiger partial charge on any atom is 0.295 e. The van der Waals surface area contributed by atoms with Crippen molar-refractivity contribution in [2.75, 3.05) is 26.2 Å². The number of rotatable bonds is 7. The number of hydrogen-bond donors (Lipinski definition) is 1. The Morgan fingerprint density at radius 3 is 2.44 bits per heavy atom. The molecule has 16 heteroatoms. The van der Waals surface area contributed by atoms with E-state index in [1.54, 1.807) is 35.2 Å². The minimum Gasteiger partial charge on any atom is -0.756 e. The van der Waals surface area contributed by atoms with Gasteiger partial charge < -0.3 is 24.2 Å². The number of ketones is 1. The zero-order valence-electron chi connectivity index (χ0n) is 20.1. The van der Waals surface area contributed by atoms with Gasteiger partial charge in [0.2, 0.25) is 0 Å². The van der Waals surface area contributed by atoms with Crippen molar-refractivity contribution in [2.45, 2.75) is 6.73 Å². The van der Waals surface area contributed by atoms with Gasteiger partial charge in [0.25, 0.3) is 25.4 Å². The maximum atomic E-state index is 15.1. The number of fused-ring (bicyclic) bond motifs is 1. The summed E-state index contributed by atoms with van der Waals surface area (Å²) in [4.78, 5) is 66.3. The lowest BCUT2D eigenvalue weighted by Crippen LogP contribution is -2.52. The normalized spacial score (nSPS) is 15.4. The fourth-order valence-electron chi connectivity index (χ4n) is 4.31. The highest BCUT2D eigenvalue weighted by Gasteiger charge is 2.32. The minimum atomic E-state index is -5.20. The van der Waals surface area contributed by atoms with Crippen LogP contribution in [0, 0.1) is 5.82 Å². The number of Topliss-reactive ketones (excluding diaryl/α,β-unsaturated/α-hetero) is 1. The summed E-state index contributed by atoms with van der Waals surface area (Å²) in [7, 11) is -5.20. The quantitative estimate of drug-likeness (QED) is 0.190. The van der Waals surface area contributed by atoms with E-state index >= 15 is 4.39 Å². The van der Waals surface area contributed by atoms with Gasteiger partial charge in [-0.1, -0.05) is 23.4 Å². The molecule has 1 aliphatic rings. The number of carbonyl (C=O) groups excluding carboxylic acids is 3. The van der Waals surface area contributed by atoms with Gasteiger partial charge in [0.15, 0.2) is 11.6 Å². The van der Waals surface area contributed by atoms with Crippen LogP contribution in [-0.4, -0.2) is 83.0 Å². The number of hydrogen-bond acceptors (Lipinski definition) is 9. The molecular formula is C23H20FN7O7P-. The molecule has 0 saturated carbocycles. The number of nitrogens with zero attached hydrogens (tertiary/aromatic N) is 7. The number of carbonyl (C=O) groups is 3. The fraction of sp³-hybridized carbons (Fsp3) is 0.217. The van der Waals surface area contributed by atoms with Crippen LogP contribution >= 0.6 is 7.82 Å². The smallest absolute Gasteiger partial charge is 0.295 e. The fourth-order valence-corrected chi connectivity index (χ4v) is 4.58. The summed E-state index contributed by atoms with van der Waals surface area (Å²) < 4.78 is 32.9. The molecule has 202 valence electrons. The van der Waals surface area contributed by atoms with Crippen molar-refractivity contribution in [3.8, 4) is 5.82 Å². The summed E-state index contributed by atoms with van der Waals surface area (Å²) in [6.45, 7) is -0.326. The molecule has 1 aliphatic heterocycles. The van der Waals surface area contributed by atoms with E-state index in [-0.39, 0.29) is 54.4 Å². The number of aromatic nitrogens is 5. The molecule has 1 aromatic carbocycles. The Morgan fingerprint density at radius 1 is 1.10 bits per heavy atom. The zero-order chi connectivity index (χ0) is 27.7. The Hall–Kier alpha value is -4.30. The number of phosphoric ester groups is 1. The molecule has 1 unspecified atom stereocenters. The van der Waals surface area contributed by atoms with E-state index in [4.69, 9.17) is 4.89 Å². The van der Waals surface area contributed by atoms with E-state index in [9.17, 15) is 23.8 Å². The molecule has 0 radical (unpaired) electrons. The predicted octanol–water partition coefficient (Wildman–Crippen LogP) is 0.358. The van der Waals surface area contributed by atoms with Gasteiger partial charge in [-0.25, -0.2) is 14.1 Å². The molecular weight excluding hydrogens is 536 g/mol. The number of benzene rings is 1. The predicted molar refractivity (Wildman–Crippen MR) is 129 cm³/mol. The summed E-state index contributed by atoms with van der Waals surface area (Å²) in [6, 6.07) is 8.64. The molecule has 1 fully saturated rings. The monoisotopic (exact) mass is 556 g/mol.